The molecule has 0 radical (unpaired) electrons. The number of piperazine rings is 1. The van der Waals surface area contributed by atoms with Crippen molar-refractivity contribution in [3.05, 3.63) is 53.4 Å². The second-order valence-corrected chi connectivity index (χ2v) is 6.96. The van der Waals surface area contributed by atoms with Gasteiger partial charge < -0.3 is 24.9 Å². The van der Waals surface area contributed by atoms with Gasteiger partial charge in [-0.05, 0) is 36.4 Å². The van der Waals surface area contributed by atoms with Gasteiger partial charge in [0, 0.05) is 56.9 Å². The predicted octanol–water partition coefficient (Wildman–Crippen LogP) is 2.61. The molecule has 1 aliphatic rings. The highest BCUT2D eigenvalue weighted by molar-refractivity contribution is 14.0. The molecule has 2 aromatic rings. The summed E-state index contributed by atoms with van der Waals surface area (Å²) in [5.41, 5.74) is 1.13. The van der Waals surface area contributed by atoms with Crippen molar-refractivity contribution in [2.45, 2.75) is 6.42 Å². The summed E-state index contributed by atoms with van der Waals surface area (Å²) in [6.07, 6.45) is 2.42. The summed E-state index contributed by atoms with van der Waals surface area (Å²) in [6, 6.07) is 11.6. The Morgan fingerprint density at radius 3 is 2.48 bits per heavy atom. The fraction of sp³-hybridized carbons (Fsp3) is 0.400. The number of hydrogen-bond donors (Lipinski definition) is 2. The standard InChI is InChI=1S/C20H26ClN5O2.HI/c1-22-20(23-9-8-18-3-2-14-28-18)24-15-19(27)26-12-10-25(11-13-26)17-6-4-16(21)5-7-17;/h2-7,14H,8-13,15H2,1H3,(H2,22,23,24);1H. The van der Waals surface area contributed by atoms with Crippen LogP contribution < -0.4 is 15.5 Å². The number of rotatable bonds is 6. The lowest BCUT2D eigenvalue weighted by Gasteiger charge is -2.36. The number of hydrogen-bond acceptors (Lipinski definition) is 4. The van der Waals surface area contributed by atoms with Gasteiger partial charge in [-0.25, -0.2) is 0 Å². The van der Waals surface area contributed by atoms with Crippen molar-refractivity contribution >= 4 is 53.1 Å². The maximum absolute atomic E-state index is 12.5. The van der Waals surface area contributed by atoms with E-state index in [0.717, 1.165) is 36.0 Å². The van der Waals surface area contributed by atoms with Crippen LogP contribution in [0.4, 0.5) is 5.69 Å². The summed E-state index contributed by atoms with van der Waals surface area (Å²) in [6.45, 7) is 3.93. The van der Waals surface area contributed by atoms with Gasteiger partial charge in [-0.1, -0.05) is 11.6 Å². The van der Waals surface area contributed by atoms with Gasteiger partial charge in [-0.15, -0.1) is 24.0 Å². The molecule has 7 nitrogen and oxygen atoms in total. The number of aliphatic imine (C=N–C) groups is 1. The zero-order valence-electron chi connectivity index (χ0n) is 16.4. The molecule has 1 amide bonds. The third kappa shape index (κ3) is 7.11. The quantitative estimate of drug-likeness (QED) is 0.341. The van der Waals surface area contributed by atoms with E-state index in [1.165, 1.54) is 0 Å². The number of nitrogens with one attached hydrogen (secondary N) is 2. The summed E-state index contributed by atoms with van der Waals surface area (Å²) in [4.78, 5) is 20.8. The summed E-state index contributed by atoms with van der Waals surface area (Å²) in [5.74, 6) is 1.60. The van der Waals surface area contributed by atoms with E-state index in [9.17, 15) is 4.79 Å². The van der Waals surface area contributed by atoms with Crippen LogP contribution in [0.1, 0.15) is 5.76 Å². The number of halogens is 2. The third-order valence-corrected chi connectivity index (χ3v) is 4.95. The van der Waals surface area contributed by atoms with Crippen LogP contribution in [0.15, 0.2) is 52.1 Å². The topological polar surface area (TPSA) is 73.1 Å². The van der Waals surface area contributed by atoms with Crippen LogP contribution in [0.5, 0.6) is 0 Å². The second kappa shape index (κ2) is 11.9. The first-order valence-electron chi connectivity index (χ1n) is 9.41. The molecular weight excluding hydrogens is 505 g/mol. The highest BCUT2D eigenvalue weighted by Gasteiger charge is 2.21. The average molecular weight is 532 g/mol. The van der Waals surface area contributed by atoms with Gasteiger partial charge >= 0.3 is 0 Å². The summed E-state index contributed by atoms with van der Waals surface area (Å²) in [5, 5.41) is 7.00. The zero-order valence-corrected chi connectivity index (χ0v) is 19.5. The first-order chi connectivity index (χ1) is 13.7. The van der Waals surface area contributed by atoms with Crippen molar-refractivity contribution < 1.29 is 9.21 Å². The Kier molecular flexibility index (Phi) is 9.59. The molecule has 2 heterocycles. The third-order valence-electron chi connectivity index (χ3n) is 4.70. The molecule has 1 aromatic heterocycles. The van der Waals surface area contributed by atoms with Crippen molar-refractivity contribution in [3.8, 4) is 0 Å². The van der Waals surface area contributed by atoms with E-state index in [4.69, 9.17) is 16.0 Å². The maximum Gasteiger partial charge on any atom is 0.242 e. The Labute approximate surface area is 193 Å². The van der Waals surface area contributed by atoms with E-state index in [0.29, 0.717) is 25.6 Å². The fourth-order valence-corrected chi connectivity index (χ4v) is 3.24. The van der Waals surface area contributed by atoms with Crippen molar-refractivity contribution in [1.82, 2.24) is 15.5 Å². The Morgan fingerprint density at radius 1 is 1.14 bits per heavy atom. The monoisotopic (exact) mass is 531 g/mol. The molecule has 0 saturated carbocycles. The highest BCUT2D eigenvalue weighted by atomic mass is 127. The molecule has 0 bridgehead atoms. The van der Waals surface area contributed by atoms with Gasteiger partial charge in [0.1, 0.15) is 5.76 Å². The molecule has 9 heteroatoms. The van der Waals surface area contributed by atoms with Gasteiger partial charge in [0.05, 0.1) is 12.8 Å². The fourth-order valence-electron chi connectivity index (χ4n) is 3.12. The summed E-state index contributed by atoms with van der Waals surface area (Å²) in [7, 11) is 1.69. The number of amides is 1. The van der Waals surface area contributed by atoms with Gasteiger partial charge in [-0.2, -0.15) is 0 Å². The Balaban J connectivity index is 0.00000300. The summed E-state index contributed by atoms with van der Waals surface area (Å²) < 4.78 is 5.30. The lowest BCUT2D eigenvalue weighted by molar-refractivity contribution is -0.130. The van der Waals surface area contributed by atoms with E-state index in [1.807, 2.05) is 41.3 Å². The molecule has 2 N–H and O–H groups in total. The Bertz CT molecular complexity index is 775. The van der Waals surface area contributed by atoms with Crippen LogP contribution in [0.2, 0.25) is 5.02 Å². The van der Waals surface area contributed by atoms with Crippen molar-refractivity contribution in [1.29, 1.82) is 0 Å². The van der Waals surface area contributed by atoms with Crippen molar-refractivity contribution in [2.75, 3.05) is 51.2 Å². The minimum absolute atomic E-state index is 0. The summed E-state index contributed by atoms with van der Waals surface area (Å²) >= 11 is 5.95. The minimum Gasteiger partial charge on any atom is -0.469 e. The lowest BCUT2D eigenvalue weighted by Crippen LogP contribution is -2.52. The number of anilines is 1. The van der Waals surface area contributed by atoms with E-state index in [1.54, 1.807) is 13.3 Å². The largest absolute Gasteiger partial charge is 0.469 e. The SMILES string of the molecule is CN=C(NCCc1ccco1)NCC(=O)N1CCN(c2ccc(Cl)cc2)CC1.I. The normalized spacial score (nSPS) is 14.3. The number of guanidine groups is 1. The predicted molar refractivity (Wildman–Crippen MR) is 127 cm³/mol. The van der Waals surface area contributed by atoms with E-state index in [-0.39, 0.29) is 36.4 Å². The van der Waals surface area contributed by atoms with E-state index >= 15 is 0 Å². The molecule has 0 spiro atoms. The molecule has 0 atom stereocenters. The molecule has 3 rings (SSSR count). The second-order valence-electron chi connectivity index (χ2n) is 6.53. The van der Waals surface area contributed by atoms with E-state index < -0.39 is 0 Å². The maximum atomic E-state index is 12.5. The van der Waals surface area contributed by atoms with Gasteiger partial charge in [0.2, 0.25) is 5.91 Å². The molecular formula is C20H27ClIN5O2. The molecule has 0 aliphatic carbocycles. The zero-order chi connectivity index (χ0) is 19.8. The van der Waals surface area contributed by atoms with Gasteiger partial charge in [0.15, 0.2) is 5.96 Å². The molecule has 1 saturated heterocycles. The Hall–Kier alpha value is -1.94. The van der Waals surface area contributed by atoms with Crippen LogP contribution in [-0.4, -0.2) is 63.1 Å². The number of nitrogens with zero attached hydrogens (tertiary/aromatic N) is 3. The number of furan rings is 1. The first-order valence-corrected chi connectivity index (χ1v) is 9.78. The van der Waals surface area contributed by atoms with Crippen LogP contribution in [0, 0.1) is 0 Å². The van der Waals surface area contributed by atoms with Crippen molar-refractivity contribution in [2.24, 2.45) is 4.99 Å². The first kappa shape index (κ1) is 23.3. The molecule has 29 heavy (non-hydrogen) atoms. The Morgan fingerprint density at radius 2 is 1.86 bits per heavy atom. The smallest absolute Gasteiger partial charge is 0.242 e. The highest BCUT2D eigenvalue weighted by Crippen LogP contribution is 2.19. The number of carbonyl (C=O) groups is 1. The molecule has 1 aromatic carbocycles. The molecule has 0 unspecified atom stereocenters. The lowest BCUT2D eigenvalue weighted by atomic mass is 10.2. The molecule has 1 aliphatic heterocycles. The van der Waals surface area contributed by atoms with Crippen molar-refractivity contribution in [3.63, 3.8) is 0 Å². The van der Waals surface area contributed by atoms with Gasteiger partial charge in [-0.3, -0.25) is 9.79 Å². The number of benzene rings is 1. The van der Waals surface area contributed by atoms with E-state index in [2.05, 4.69) is 20.5 Å². The van der Waals surface area contributed by atoms with Gasteiger partial charge in [0.25, 0.3) is 0 Å². The number of carbonyl (C=O) groups excluding carboxylic acids is 1. The minimum atomic E-state index is 0. The molecule has 1 fully saturated rings. The van der Waals surface area contributed by atoms with Crippen LogP contribution in [0.3, 0.4) is 0 Å². The molecule has 158 valence electrons. The van der Waals surface area contributed by atoms with Crippen LogP contribution in [-0.2, 0) is 11.2 Å². The average Bonchev–Trinajstić information content (AvgIpc) is 3.24. The van der Waals surface area contributed by atoms with Crippen LogP contribution in [0.25, 0.3) is 0 Å². The van der Waals surface area contributed by atoms with Crippen LogP contribution >= 0.6 is 35.6 Å².